The van der Waals surface area contributed by atoms with Crippen molar-refractivity contribution in [1.29, 1.82) is 0 Å². The summed E-state index contributed by atoms with van der Waals surface area (Å²) in [6.07, 6.45) is 0. The Balaban J connectivity index is 0. The van der Waals surface area contributed by atoms with Crippen LogP contribution < -0.4 is 29.6 Å². The van der Waals surface area contributed by atoms with Gasteiger partial charge in [-0.25, -0.2) is 0 Å². The molecule has 0 radical (unpaired) electrons. The molecular formula is C7H9NaO4S. The van der Waals surface area contributed by atoms with Gasteiger partial charge in [-0.2, -0.15) is 33.0 Å². The van der Waals surface area contributed by atoms with Crippen LogP contribution in [0.25, 0.3) is 0 Å². The molecule has 0 saturated heterocycles. The molecule has 1 rings (SSSR count). The Hall–Kier alpha value is -0.0400. The fourth-order valence-corrected chi connectivity index (χ4v) is 0.478. The van der Waals surface area contributed by atoms with Gasteiger partial charge in [0.2, 0.25) is 0 Å². The van der Waals surface area contributed by atoms with Crippen LogP contribution in [-0.4, -0.2) is 17.5 Å². The van der Waals surface area contributed by atoms with E-state index >= 15 is 0 Å². The van der Waals surface area contributed by atoms with Gasteiger partial charge in [-0.3, -0.25) is 9.11 Å². The van der Waals surface area contributed by atoms with E-state index in [1.54, 1.807) is 0 Å². The third-order valence-electron chi connectivity index (χ3n) is 0.843. The molecule has 13 heavy (non-hydrogen) atoms. The number of benzene rings is 1. The van der Waals surface area contributed by atoms with Gasteiger partial charge in [-0.15, -0.1) is 12.1 Å². The van der Waals surface area contributed by atoms with Crippen molar-refractivity contribution >= 4 is 10.4 Å². The molecule has 0 atom stereocenters. The van der Waals surface area contributed by atoms with Crippen LogP contribution in [0, 0.1) is 6.92 Å². The summed E-state index contributed by atoms with van der Waals surface area (Å²) >= 11 is 0. The first-order valence-corrected chi connectivity index (χ1v) is 4.36. The Morgan fingerprint density at radius 1 is 1.08 bits per heavy atom. The van der Waals surface area contributed by atoms with Crippen molar-refractivity contribution in [2.24, 2.45) is 0 Å². The van der Waals surface area contributed by atoms with Crippen LogP contribution in [0.5, 0.6) is 0 Å². The molecule has 1 aromatic carbocycles. The second-order valence-electron chi connectivity index (χ2n) is 1.93. The van der Waals surface area contributed by atoms with E-state index in [4.69, 9.17) is 17.5 Å². The van der Waals surface area contributed by atoms with Gasteiger partial charge in [0.25, 0.3) is 0 Å². The van der Waals surface area contributed by atoms with Gasteiger partial charge in [0.05, 0.1) is 0 Å². The standard InChI is InChI=1S/C7H7.Na.H2O4S/c1-7-5-3-2-4-6-7;;1-5(2,3)4/h2-6H,1H2;;(H2,1,2,3,4)/q-1;+1;. The summed E-state index contributed by atoms with van der Waals surface area (Å²) in [5.41, 5.74) is 1.07. The Labute approximate surface area is 99.8 Å². The molecule has 0 amide bonds. The maximum Gasteiger partial charge on any atom is 1.00 e. The first-order chi connectivity index (χ1) is 5.39. The number of hydrogen-bond acceptors (Lipinski definition) is 2. The van der Waals surface area contributed by atoms with E-state index in [0.717, 1.165) is 5.56 Å². The molecule has 0 aliphatic heterocycles. The Kier molecular flexibility index (Phi) is 8.75. The second-order valence-corrected chi connectivity index (χ2v) is 2.83. The summed E-state index contributed by atoms with van der Waals surface area (Å²) in [5, 5.41) is 0. The van der Waals surface area contributed by atoms with Crippen molar-refractivity contribution in [2.45, 2.75) is 0 Å². The van der Waals surface area contributed by atoms with Crippen LogP contribution in [0.2, 0.25) is 0 Å². The molecule has 0 bridgehead atoms. The summed E-state index contributed by atoms with van der Waals surface area (Å²) in [6.45, 7) is 3.72. The molecule has 2 N–H and O–H groups in total. The van der Waals surface area contributed by atoms with Gasteiger partial charge in [0, 0.05) is 0 Å². The van der Waals surface area contributed by atoms with Crippen molar-refractivity contribution in [3.8, 4) is 0 Å². The summed E-state index contributed by atoms with van der Waals surface area (Å²) in [7, 11) is -4.67. The maximum atomic E-state index is 8.74. The van der Waals surface area contributed by atoms with Gasteiger partial charge in [-0.1, -0.05) is 6.07 Å². The fraction of sp³-hybridized carbons (Fsp3) is 0. The molecular weight excluding hydrogens is 203 g/mol. The minimum Gasteiger partial charge on any atom is -0.264 e. The zero-order valence-electron chi connectivity index (χ0n) is 7.21. The molecule has 0 aliphatic rings. The van der Waals surface area contributed by atoms with Gasteiger partial charge in [-0.05, 0) is 0 Å². The summed E-state index contributed by atoms with van der Waals surface area (Å²) < 4.78 is 31.6. The third kappa shape index (κ3) is 18.7. The summed E-state index contributed by atoms with van der Waals surface area (Å²) in [5.74, 6) is 0. The molecule has 0 aromatic heterocycles. The third-order valence-corrected chi connectivity index (χ3v) is 0.843. The summed E-state index contributed by atoms with van der Waals surface area (Å²) in [4.78, 5) is 0. The van der Waals surface area contributed by atoms with E-state index in [1.165, 1.54) is 0 Å². The minimum atomic E-state index is -4.67. The summed E-state index contributed by atoms with van der Waals surface area (Å²) in [6, 6.07) is 9.87. The minimum absolute atomic E-state index is 0. The molecule has 0 aliphatic carbocycles. The van der Waals surface area contributed by atoms with Gasteiger partial charge in [0.15, 0.2) is 0 Å². The monoisotopic (exact) mass is 212 g/mol. The maximum absolute atomic E-state index is 8.74. The largest absolute Gasteiger partial charge is 1.00 e. The van der Waals surface area contributed by atoms with Crippen LogP contribution in [0.3, 0.4) is 0 Å². The fourth-order valence-electron chi connectivity index (χ4n) is 0.478. The Morgan fingerprint density at radius 3 is 1.54 bits per heavy atom. The smallest absolute Gasteiger partial charge is 0.264 e. The molecule has 6 heteroatoms. The van der Waals surface area contributed by atoms with E-state index in [9.17, 15) is 0 Å². The van der Waals surface area contributed by atoms with E-state index in [1.807, 2.05) is 30.3 Å². The van der Waals surface area contributed by atoms with Crippen LogP contribution in [0.4, 0.5) is 0 Å². The zero-order chi connectivity index (χ0) is 9.61. The van der Waals surface area contributed by atoms with Crippen LogP contribution >= 0.6 is 0 Å². The average molecular weight is 212 g/mol. The average Bonchev–Trinajstić information content (AvgIpc) is 1.85. The quantitative estimate of drug-likeness (QED) is 0.303. The topological polar surface area (TPSA) is 74.6 Å². The molecule has 0 spiro atoms. The van der Waals surface area contributed by atoms with Crippen LogP contribution in [-0.2, 0) is 10.4 Å². The molecule has 1 aromatic rings. The predicted molar refractivity (Wildman–Crippen MR) is 45.1 cm³/mol. The SMILES string of the molecule is O=S(=O)(O)O.[CH2-]c1ccccc1.[Na+]. The van der Waals surface area contributed by atoms with Gasteiger partial charge < -0.3 is 0 Å². The molecule has 0 heterocycles. The second kappa shape index (κ2) is 7.37. The van der Waals surface area contributed by atoms with Crippen LogP contribution in [0.1, 0.15) is 5.56 Å². The first kappa shape index (κ1) is 15.4. The number of rotatable bonds is 0. The Morgan fingerprint density at radius 2 is 1.38 bits per heavy atom. The van der Waals surface area contributed by atoms with Crippen LogP contribution in [0.15, 0.2) is 30.3 Å². The normalized spacial score (nSPS) is 9.08. The van der Waals surface area contributed by atoms with E-state index in [-0.39, 0.29) is 29.6 Å². The van der Waals surface area contributed by atoms with Crippen molar-refractivity contribution < 1.29 is 47.1 Å². The van der Waals surface area contributed by atoms with Crippen molar-refractivity contribution in [3.63, 3.8) is 0 Å². The number of hydrogen-bond donors (Lipinski definition) is 2. The molecule has 0 fully saturated rings. The predicted octanol–water partition coefficient (Wildman–Crippen LogP) is -1.78. The Bertz CT molecular complexity index is 301. The molecule has 0 unspecified atom stereocenters. The van der Waals surface area contributed by atoms with Gasteiger partial charge in [0.1, 0.15) is 0 Å². The van der Waals surface area contributed by atoms with E-state index in [2.05, 4.69) is 6.92 Å². The zero-order valence-corrected chi connectivity index (χ0v) is 10.0. The van der Waals surface area contributed by atoms with E-state index < -0.39 is 10.4 Å². The van der Waals surface area contributed by atoms with Crippen molar-refractivity contribution in [2.75, 3.05) is 0 Å². The molecule has 0 saturated carbocycles. The van der Waals surface area contributed by atoms with E-state index in [0.29, 0.717) is 0 Å². The molecule has 68 valence electrons. The van der Waals surface area contributed by atoms with Crippen molar-refractivity contribution in [3.05, 3.63) is 42.8 Å². The van der Waals surface area contributed by atoms with Crippen molar-refractivity contribution in [1.82, 2.24) is 0 Å². The van der Waals surface area contributed by atoms with Gasteiger partial charge >= 0.3 is 40.0 Å². The first-order valence-electron chi connectivity index (χ1n) is 2.96. The molecule has 4 nitrogen and oxygen atoms in total.